The fourth-order valence-corrected chi connectivity index (χ4v) is 2.55. The first-order chi connectivity index (χ1) is 12.5. The highest BCUT2D eigenvalue weighted by atomic mass is 127. The fraction of sp³-hybridized carbons (Fsp3) is 0.263. The summed E-state index contributed by atoms with van der Waals surface area (Å²) in [5, 5.41) is 11.2. The van der Waals surface area contributed by atoms with Crippen molar-refractivity contribution in [2.24, 2.45) is 0 Å². The lowest BCUT2D eigenvalue weighted by Gasteiger charge is -2.10. The van der Waals surface area contributed by atoms with Crippen LogP contribution in [0.15, 0.2) is 36.4 Å². The number of aromatic carboxylic acids is 1. The van der Waals surface area contributed by atoms with E-state index in [0.717, 1.165) is 9.64 Å². The van der Waals surface area contributed by atoms with Gasteiger partial charge in [-0.25, -0.2) is 13.6 Å². The first kappa shape index (κ1) is 28.9. The second-order valence-electron chi connectivity index (χ2n) is 5.25. The summed E-state index contributed by atoms with van der Waals surface area (Å²) in [6.07, 6.45) is 0. The van der Waals surface area contributed by atoms with Gasteiger partial charge in [-0.1, -0.05) is 7.43 Å². The van der Waals surface area contributed by atoms with Gasteiger partial charge in [0.05, 0.1) is 11.1 Å². The van der Waals surface area contributed by atoms with Gasteiger partial charge in [-0.15, -0.1) is 0 Å². The molecule has 0 aromatic heterocycles. The van der Waals surface area contributed by atoms with E-state index in [9.17, 15) is 18.4 Å². The number of benzene rings is 2. The van der Waals surface area contributed by atoms with Gasteiger partial charge in [0.2, 0.25) is 0 Å². The number of carbonyl (C=O) groups is 2. The second-order valence-corrected chi connectivity index (χ2v) is 7.74. The third kappa shape index (κ3) is 10.3. The molecule has 0 unspecified atom stereocenters. The number of nitrogens with zero attached hydrogens (tertiary/aromatic N) is 1. The van der Waals surface area contributed by atoms with Crippen molar-refractivity contribution in [2.45, 2.75) is 7.43 Å². The molecule has 0 fully saturated rings. The topological polar surface area (TPSA) is 69.6 Å². The molecule has 0 aliphatic heterocycles. The molecular formula is C19H24F2I2N2O3. The number of nitrogens with one attached hydrogen (secondary N) is 1. The smallest absolute Gasteiger partial charge is 0.338 e. The number of carboxylic acids is 1. The zero-order chi connectivity index (χ0) is 21.1. The van der Waals surface area contributed by atoms with Crippen LogP contribution in [0.1, 0.15) is 28.1 Å². The molecule has 1 amide bonds. The third-order valence-corrected chi connectivity index (χ3v) is 4.07. The normalized spacial score (nSPS) is 9.00. The van der Waals surface area contributed by atoms with E-state index in [1.54, 1.807) is 20.2 Å². The van der Waals surface area contributed by atoms with Gasteiger partial charge in [0.15, 0.2) is 0 Å². The van der Waals surface area contributed by atoms with E-state index in [-0.39, 0.29) is 24.5 Å². The Balaban J connectivity index is 0. The number of hydrogen-bond acceptors (Lipinski definition) is 3. The van der Waals surface area contributed by atoms with Gasteiger partial charge in [-0.05, 0) is 95.7 Å². The first-order valence-corrected chi connectivity index (χ1v) is 9.64. The molecule has 0 saturated heterocycles. The van der Waals surface area contributed by atoms with Crippen LogP contribution in [0.25, 0.3) is 0 Å². The Hall–Kier alpha value is -1.34. The average Bonchev–Trinajstić information content (AvgIpc) is 2.59. The van der Waals surface area contributed by atoms with E-state index in [2.05, 4.69) is 5.32 Å². The standard InChI is InChI=1S/C9H9FINO.C7H4FIO2.C2H7N.CH4/c1-12(2)9(13)7-5-6(11)3-4-8(7)10;8-6-2-1-4(9)3-5(6)7(10)11;1-3-2;/h3-5H,1-2H3;1-3H,(H,10,11);3H,1-2H3;1H4. The van der Waals surface area contributed by atoms with Gasteiger partial charge in [0.1, 0.15) is 11.6 Å². The Bertz CT molecular complexity index is 788. The SMILES string of the molecule is C.CN(C)C(=O)c1cc(I)ccc1F.CNC.O=C(O)c1cc(I)ccc1F. The molecule has 0 aliphatic rings. The molecule has 28 heavy (non-hydrogen) atoms. The van der Waals surface area contributed by atoms with Crippen LogP contribution in [-0.4, -0.2) is 50.1 Å². The minimum atomic E-state index is -1.24. The Labute approximate surface area is 191 Å². The van der Waals surface area contributed by atoms with Crippen molar-refractivity contribution in [2.75, 3.05) is 28.2 Å². The van der Waals surface area contributed by atoms with Gasteiger partial charge in [0.25, 0.3) is 5.91 Å². The quantitative estimate of drug-likeness (QED) is 0.477. The largest absolute Gasteiger partial charge is 0.478 e. The number of rotatable bonds is 2. The Morgan fingerprint density at radius 1 is 0.929 bits per heavy atom. The Morgan fingerprint density at radius 2 is 1.29 bits per heavy atom. The zero-order valence-corrected chi connectivity index (χ0v) is 19.5. The van der Waals surface area contributed by atoms with E-state index < -0.39 is 17.6 Å². The fourth-order valence-electron chi connectivity index (χ4n) is 1.56. The van der Waals surface area contributed by atoms with Crippen LogP contribution in [0.5, 0.6) is 0 Å². The number of halogens is 4. The molecule has 0 bridgehead atoms. The van der Waals surface area contributed by atoms with E-state index in [1.165, 1.54) is 29.2 Å². The van der Waals surface area contributed by atoms with Crippen LogP contribution in [-0.2, 0) is 0 Å². The summed E-state index contributed by atoms with van der Waals surface area (Å²) < 4.78 is 27.3. The average molecular weight is 620 g/mol. The lowest BCUT2D eigenvalue weighted by Crippen LogP contribution is -2.22. The molecule has 0 aliphatic carbocycles. The molecule has 0 saturated carbocycles. The highest BCUT2D eigenvalue weighted by molar-refractivity contribution is 14.1. The molecule has 0 spiro atoms. The van der Waals surface area contributed by atoms with Crippen molar-refractivity contribution in [3.63, 3.8) is 0 Å². The molecule has 156 valence electrons. The van der Waals surface area contributed by atoms with Crippen LogP contribution in [0.4, 0.5) is 8.78 Å². The number of amides is 1. The molecule has 2 aromatic rings. The summed E-state index contributed by atoms with van der Waals surface area (Å²) in [6.45, 7) is 0. The van der Waals surface area contributed by atoms with Crippen molar-refractivity contribution in [3.05, 3.63) is 66.3 Å². The summed E-state index contributed by atoms with van der Waals surface area (Å²) in [5.41, 5.74) is -0.159. The molecule has 9 heteroatoms. The van der Waals surface area contributed by atoms with E-state index in [1.807, 2.05) is 59.3 Å². The Morgan fingerprint density at radius 3 is 1.61 bits per heavy atom. The maximum atomic E-state index is 13.1. The van der Waals surface area contributed by atoms with Gasteiger partial charge in [-0.2, -0.15) is 0 Å². The maximum absolute atomic E-state index is 13.1. The minimum Gasteiger partial charge on any atom is -0.478 e. The zero-order valence-electron chi connectivity index (χ0n) is 15.2. The van der Waals surface area contributed by atoms with Gasteiger partial charge >= 0.3 is 5.97 Å². The van der Waals surface area contributed by atoms with Crippen molar-refractivity contribution in [1.82, 2.24) is 10.2 Å². The maximum Gasteiger partial charge on any atom is 0.338 e. The molecular weight excluding hydrogens is 596 g/mol. The number of carboxylic acid groups (broad SMARTS) is 1. The predicted molar refractivity (Wildman–Crippen MR) is 125 cm³/mol. The first-order valence-electron chi connectivity index (χ1n) is 7.48. The van der Waals surface area contributed by atoms with E-state index in [4.69, 9.17) is 5.11 Å². The molecule has 0 atom stereocenters. The summed E-state index contributed by atoms with van der Waals surface area (Å²) in [4.78, 5) is 23.1. The monoisotopic (exact) mass is 620 g/mol. The van der Waals surface area contributed by atoms with Crippen LogP contribution in [0.3, 0.4) is 0 Å². The highest BCUT2D eigenvalue weighted by Gasteiger charge is 2.13. The third-order valence-electron chi connectivity index (χ3n) is 2.72. The Kier molecular flexibility index (Phi) is 15.1. The molecule has 2 N–H and O–H groups in total. The van der Waals surface area contributed by atoms with Gasteiger partial charge in [0, 0.05) is 21.2 Å². The number of hydrogen-bond donors (Lipinski definition) is 2. The van der Waals surface area contributed by atoms with Crippen molar-refractivity contribution < 1.29 is 23.5 Å². The van der Waals surface area contributed by atoms with E-state index >= 15 is 0 Å². The lowest BCUT2D eigenvalue weighted by molar-refractivity contribution is 0.0691. The van der Waals surface area contributed by atoms with Crippen LogP contribution in [0.2, 0.25) is 0 Å². The number of carbonyl (C=O) groups excluding carboxylic acids is 1. The summed E-state index contributed by atoms with van der Waals surface area (Å²) in [5.74, 6) is -2.71. The highest BCUT2D eigenvalue weighted by Crippen LogP contribution is 2.14. The molecule has 0 heterocycles. The molecule has 0 radical (unpaired) electrons. The molecule has 5 nitrogen and oxygen atoms in total. The minimum absolute atomic E-state index is 0. The van der Waals surface area contributed by atoms with Crippen molar-refractivity contribution in [3.8, 4) is 0 Å². The van der Waals surface area contributed by atoms with Crippen LogP contribution < -0.4 is 5.32 Å². The lowest BCUT2D eigenvalue weighted by atomic mass is 10.2. The molecule has 2 rings (SSSR count). The van der Waals surface area contributed by atoms with E-state index in [0.29, 0.717) is 3.57 Å². The predicted octanol–water partition coefficient (Wildman–Crippen LogP) is 4.73. The van der Waals surface area contributed by atoms with Crippen LogP contribution in [0, 0.1) is 18.8 Å². The summed E-state index contributed by atoms with van der Waals surface area (Å²) >= 11 is 3.97. The van der Waals surface area contributed by atoms with Crippen molar-refractivity contribution >= 4 is 57.1 Å². The van der Waals surface area contributed by atoms with Crippen LogP contribution >= 0.6 is 45.2 Å². The van der Waals surface area contributed by atoms with Gasteiger partial charge < -0.3 is 15.3 Å². The summed E-state index contributed by atoms with van der Waals surface area (Å²) in [7, 11) is 6.95. The summed E-state index contributed by atoms with van der Waals surface area (Å²) in [6, 6.07) is 8.42. The van der Waals surface area contributed by atoms with Crippen molar-refractivity contribution in [1.29, 1.82) is 0 Å². The molecule has 2 aromatic carbocycles. The van der Waals surface area contributed by atoms with Gasteiger partial charge in [-0.3, -0.25) is 4.79 Å². The second kappa shape index (κ2) is 14.6.